The highest BCUT2D eigenvalue weighted by molar-refractivity contribution is 7.92. The summed E-state index contributed by atoms with van der Waals surface area (Å²) in [4.78, 5) is 28.4. The van der Waals surface area contributed by atoms with E-state index in [4.69, 9.17) is 21.1 Å². The van der Waals surface area contributed by atoms with Crippen molar-refractivity contribution in [1.82, 2.24) is 10.2 Å². The van der Waals surface area contributed by atoms with Gasteiger partial charge in [0, 0.05) is 17.6 Å². The van der Waals surface area contributed by atoms with E-state index in [2.05, 4.69) is 5.32 Å². The van der Waals surface area contributed by atoms with Crippen LogP contribution in [-0.2, 0) is 26.2 Å². The molecule has 0 heterocycles. The zero-order chi connectivity index (χ0) is 27.8. The number of benzene rings is 2. The van der Waals surface area contributed by atoms with Crippen LogP contribution in [0.4, 0.5) is 5.69 Å². The van der Waals surface area contributed by atoms with Crippen molar-refractivity contribution in [2.45, 2.75) is 52.2 Å². The molecule has 9 nitrogen and oxygen atoms in total. The third kappa shape index (κ3) is 8.26. The monoisotopic (exact) mass is 553 g/mol. The van der Waals surface area contributed by atoms with Gasteiger partial charge in [-0.15, -0.1) is 0 Å². The highest BCUT2D eigenvalue weighted by Gasteiger charge is 2.33. The minimum Gasteiger partial charge on any atom is -0.497 e. The lowest BCUT2D eigenvalue weighted by Crippen LogP contribution is -2.53. The van der Waals surface area contributed by atoms with Crippen LogP contribution in [-0.4, -0.2) is 64.2 Å². The number of carbonyl (C=O) groups is 2. The minimum absolute atomic E-state index is 0.0808. The average Bonchev–Trinajstić information content (AvgIpc) is 2.86. The summed E-state index contributed by atoms with van der Waals surface area (Å²) in [7, 11) is -0.967. The molecule has 204 valence electrons. The van der Waals surface area contributed by atoms with E-state index < -0.39 is 28.5 Å². The van der Waals surface area contributed by atoms with Crippen LogP contribution in [0.1, 0.15) is 39.2 Å². The summed E-state index contributed by atoms with van der Waals surface area (Å²) in [6.45, 7) is 5.20. The molecule has 0 saturated heterocycles. The molecule has 2 rings (SSSR count). The van der Waals surface area contributed by atoms with Crippen LogP contribution < -0.4 is 19.1 Å². The maximum atomic E-state index is 13.8. The molecule has 0 fully saturated rings. The quantitative estimate of drug-likeness (QED) is 0.404. The molecule has 1 N–H and O–H groups in total. The van der Waals surface area contributed by atoms with Crippen molar-refractivity contribution in [1.29, 1.82) is 0 Å². The highest BCUT2D eigenvalue weighted by Crippen LogP contribution is 2.33. The van der Waals surface area contributed by atoms with E-state index in [9.17, 15) is 18.0 Å². The second-order valence-electron chi connectivity index (χ2n) is 8.70. The van der Waals surface area contributed by atoms with Crippen LogP contribution in [0.2, 0.25) is 5.02 Å². The third-order valence-electron chi connectivity index (χ3n) is 5.99. The van der Waals surface area contributed by atoms with Crippen LogP contribution in [0.5, 0.6) is 11.5 Å². The fourth-order valence-corrected chi connectivity index (χ4v) is 4.75. The molecule has 0 aromatic heterocycles. The van der Waals surface area contributed by atoms with Crippen molar-refractivity contribution >= 4 is 39.1 Å². The molecule has 0 aliphatic heterocycles. The Morgan fingerprint density at radius 2 is 1.68 bits per heavy atom. The summed E-state index contributed by atoms with van der Waals surface area (Å²) in [5.74, 6) is 0.0461. The summed E-state index contributed by atoms with van der Waals surface area (Å²) in [6, 6.07) is 10.7. The number of anilines is 1. The van der Waals surface area contributed by atoms with Crippen LogP contribution >= 0.6 is 11.6 Å². The Balaban J connectivity index is 2.50. The number of rotatable bonds is 13. The van der Waals surface area contributed by atoms with Crippen LogP contribution in [0, 0.1) is 0 Å². The molecule has 0 bridgehead atoms. The minimum atomic E-state index is -3.92. The zero-order valence-corrected chi connectivity index (χ0v) is 23.7. The van der Waals surface area contributed by atoms with Crippen LogP contribution in [0.15, 0.2) is 42.5 Å². The maximum absolute atomic E-state index is 13.8. The largest absolute Gasteiger partial charge is 0.497 e. The Bertz CT molecular complexity index is 1170. The topological polar surface area (TPSA) is 105 Å². The van der Waals surface area contributed by atoms with E-state index in [0.29, 0.717) is 12.2 Å². The van der Waals surface area contributed by atoms with Gasteiger partial charge in [-0.1, -0.05) is 37.6 Å². The van der Waals surface area contributed by atoms with E-state index in [1.165, 1.54) is 24.1 Å². The SMILES string of the molecule is CC[C@@H](C)NC(=O)[C@@H](CC)N(Cc1ccc(OC)cc1)C(=O)CN(c1cc(Cl)ccc1OC)S(C)(=O)=O. The summed E-state index contributed by atoms with van der Waals surface area (Å²) in [6.07, 6.45) is 2.07. The Morgan fingerprint density at radius 3 is 2.19 bits per heavy atom. The molecular weight excluding hydrogens is 518 g/mol. The lowest BCUT2D eigenvalue weighted by Gasteiger charge is -2.33. The summed E-state index contributed by atoms with van der Waals surface area (Å²) in [5, 5.41) is 3.22. The molecule has 0 radical (unpaired) electrons. The number of nitrogens with zero attached hydrogens (tertiary/aromatic N) is 2. The summed E-state index contributed by atoms with van der Waals surface area (Å²) < 4.78 is 37.1. The molecule has 37 heavy (non-hydrogen) atoms. The van der Waals surface area contributed by atoms with Gasteiger partial charge >= 0.3 is 0 Å². The molecule has 11 heteroatoms. The van der Waals surface area contributed by atoms with E-state index in [1.807, 2.05) is 20.8 Å². The molecule has 2 aromatic carbocycles. The number of halogens is 1. The molecule has 0 aliphatic rings. The van der Waals surface area contributed by atoms with Gasteiger partial charge in [0.1, 0.15) is 24.1 Å². The highest BCUT2D eigenvalue weighted by atomic mass is 35.5. The number of methoxy groups -OCH3 is 2. The Hall–Kier alpha value is -2.98. The molecule has 2 atom stereocenters. The third-order valence-corrected chi connectivity index (χ3v) is 7.35. The molecular formula is C26H36ClN3O6S. The number of hydrogen-bond acceptors (Lipinski definition) is 6. The van der Waals surface area contributed by atoms with Crippen molar-refractivity contribution in [2.24, 2.45) is 0 Å². The van der Waals surface area contributed by atoms with E-state index in [0.717, 1.165) is 22.5 Å². The van der Waals surface area contributed by atoms with Crippen molar-refractivity contribution < 1.29 is 27.5 Å². The van der Waals surface area contributed by atoms with Gasteiger partial charge in [0.15, 0.2) is 0 Å². The van der Waals surface area contributed by atoms with E-state index in [1.54, 1.807) is 37.4 Å². The first-order valence-electron chi connectivity index (χ1n) is 12.0. The van der Waals surface area contributed by atoms with Gasteiger partial charge in [-0.25, -0.2) is 8.42 Å². The number of hydrogen-bond donors (Lipinski definition) is 1. The fourth-order valence-electron chi connectivity index (χ4n) is 3.74. The Labute approximate surface area is 224 Å². The van der Waals surface area contributed by atoms with Gasteiger partial charge < -0.3 is 19.7 Å². The predicted octanol–water partition coefficient (Wildman–Crippen LogP) is 3.85. The number of nitrogens with one attached hydrogen (secondary N) is 1. The predicted molar refractivity (Wildman–Crippen MR) is 146 cm³/mol. The normalized spacial score (nSPS) is 12.8. The average molecular weight is 554 g/mol. The molecule has 0 saturated carbocycles. The first kappa shape index (κ1) is 30.2. The first-order chi connectivity index (χ1) is 17.4. The van der Waals surface area contributed by atoms with Crippen molar-refractivity contribution in [3.05, 3.63) is 53.1 Å². The number of ether oxygens (including phenoxy) is 2. The lowest BCUT2D eigenvalue weighted by molar-refractivity contribution is -0.140. The molecule has 0 unspecified atom stereocenters. The number of carbonyl (C=O) groups excluding carboxylic acids is 2. The van der Waals surface area contributed by atoms with Crippen molar-refractivity contribution in [3.63, 3.8) is 0 Å². The molecule has 2 amide bonds. The second kappa shape index (κ2) is 13.5. The van der Waals surface area contributed by atoms with E-state index in [-0.39, 0.29) is 35.0 Å². The summed E-state index contributed by atoms with van der Waals surface area (Å²) >= 11 is 6.14. The van der Waals surface area contributed by atoms with Gasteiger partial charge in [0.05, 0.1) is 26.2 Å². The van der Waals surface area contributed by atoms with Gasteiger partial charge in [-0.3, -0.25) is 13.9 Å². The van der Waals surface area contributed by atoms with Crippen molar-refractivity contribution in [2.75, 3.05) is 31.3 Å². The maximum Gasteiger partial charge on any atom is 0.244 e. The zero-order valence-electron chi connectivity index (χ0n) is 22.2. The summed E-state index contributed by atoms with van der Waals surface area (Å²) in [5.41, 5.74) is 0.891. The number of amides is 2. The van der Waals surface area contributed by atoms with E-state index >= 15 is 0 Å². The molecule has 2 aromatic rings. The molecule has 0 aliphatic carbocycles. The van der Waals surface area contributed by atoms with Gasteiger partial charge in [-0.2, -0.15) is 0 Å². The van der Waals surface area contributed by atoms with Crippen LogP contribution in [0.25, 0.3) is 0 Å². The second-order valence-corrected chi connectivity index (χ2v) is 11.0. The van der Waals surface area contributed by atoms with Gasteiger partial charge in [-0.05, 0) is 55.7 Å². The number of sulfonamides is 1. The molecule has 0 spiro atoms. The van der Waals surface area contributed by atoms with Gasteiger partial charge in [0.25, 0.3) is 0 Å². The van der Waals surface area contributed by atoms with Gasteiger partial charge in [0.2, 0.25) is 21.8 Å². The smallest absolute Gasteiger partial charge is 0.244 e. The lowest BCUT2D eigenvalue weighted by atomic mass is 10.1. The van der Waals surface area contributed by atoms with Crippen molar-refractivity contribution in [3.8, 4) is 11.5 Å². The Morgan fingerprint density at radius 1 is 1.03 bits per heavy atom. The standard InChI is InChI=1S/C26H36ClN3O6S/c1-7-18(3)28-26(32)22(8-2)29(16-19-9-12-21(35-4)13-10-19)25(31)17-30(37(6,33)34)23-15-20(27)11-14-24(23)36-5/h9-15,18,22H,7-8,16-17H2,1-6H3,(H,28,32)/t18-,22-/m1/s1. The Kier molecular flexibility index (Phi) is 11.1. The van der Waals surface area contributed by atoms with Crippen LogP contribution in [0.3, 0.4) is 0 Å². The fraction of sp³-hybridized carbons (Fsp3) is 0.462. The first-order valence-corrected chi connectivity index (χ1v) is 14.2.